The van der Waals surface area contributed by atoms with Crippen LogP contribution in [0.5, 0.6) is 0 Å². The molecule has 1 saturated heterocycles. The molecule has 4 rings (SSSR count). The second-order valence-corrected chi connectivity index (χ2v) is 6.83. The Morgan fingerprint density at radius 1 is 1.19 bits per heavy atom. The number of benzene rings is 1. The molecule has 2 aliphatic rings. The van der Waals surface area contributed by atoms with Crippen LogP contribution in [0.2, 0.25) is 0 Å². The first-order chi connectivity index (χ1) is 12.6. The van der Waals surface area contributed by atoms with E-state index in [4.69, 9.17) is 5.26 Å². The smallest absolute Gasteiger partial charge is 0.274 e. The fourth-order valence-corrected chi connectivity index (χ4v) is 3.80. The number of hydrogen-bond acceptors (Lipinski definition) is 3. The number of nitrogens with zero attached hydrogens (tertiary/aromatic N) is 4. The Bertz CT molecular complexity index is 907. The van der Waals surface area contributed by atoms with Crippen molar-refractivity contribution < 1.29 is 13.6 Å². The number of piperidine rings is 1. The van der Waals surface area contributed by atoms with Crippen molar-refractivity contribution >= 4 is 5.91 Å². The maximum absolute atomic E-state index is 13.6. The summed E-state index contributed by atoms with van der Waals surface area (Å²) in [6.45, 7) is 1.09. The fourth-order valence-electron chi connectivity index (χ4n) is 3.80. The van der Waals surface area contributed by atoms with Crippen LogP contribution in [0.1, 0.15) is 41.0 Å². The molecule has 1 aliphatic heterocycles. The predicted octanol–water partition coefficient (Wildman–Crippen LogP) is 3.01. The van der Waals surface area contributed by atoms with Gasteiger partial charge in [0.1, 0.15) is 0 Å². The van der Waals surface area contributed by atoms with Crippen molar-refractivity contribution in [2.24, 2.45) is 5.92 Å². The number of carbonyl (C=O) groups excluding carboxylic acids is 1. The molecule has 134 valence electrons. The van der Waals surface area contributed by atoms with Gasteiger partial charge in [-0.1, -0.05) is 0 Å². The molecule has 0 N–H and O–H groups in total. The highest BCUT2D eigenvalue weighted by atomic mass is 19.2. The average molecular weight is 356 g/mol. The summed E-state index contributed by atoms with van der Waals surface area (Å²) in [4.78, 5) is 14.7. The Labute approximate surface area is 149 Å². The third kappa shape index (κ3) is 2.75. The average Bonchev–Trinajstić information content (AvgIpc) is 3.26. The minimum atomic E-state index is -0.934. The summed E-state index contributed by atoms with van der Waals surface area (Å²) in [6, 6.07) is 5.90. The predicted molar refractivity (Wildman–Crippen MR) is 89.7 cm³/mol. The lowest BCUT2D eigenvalue weighted by Gasteiger charge is -2.28. The number of nitriles is 1. The van der Waals surface area contributed by atoms with Crippen LogP contribution in [-0.4, -0.2) is 33.7 Å². The highest BCUT2D eigenvalue weighted by molar-refractivity contribution is 5.94. The number of hydrogen-bond donors (Lipinski definition) is 0. The Hall–Kier alpha value is -2.75. The molecule has 2 heterocycles. The van der Waals surface area contributed by atoms with Crippen molar-refractivity contribution in [1.29, 1.82) is 5.26 Å². The summed E-state index contributed by atoms with van der Waals surface area (Å²) in [6.07, 6.45) is 3.77. The molecule has 1 aromatic carbocycles. The third-order valence-electron chi connectivity index (χ3n) is 5.25. The van der Waals surface area contributed by atoms with E-state index in [0.29, 0.717) is 37.3 Å². The zero-order valence-corrected chi connectivity index (χ0v) is 14.2. The first-order valence-corrected chi connectivity index (χ1v) is 8.83. The molecule has 1 fully saturated rings. The van der Waals surface area contributed by atoms with Crippen LogP contribution in [0.25, 0.3) is 5.69 Å². The second kappa shape index (κ2) is 6.52. The van der Waals surface area contributed by atoms with Gasteiger partial charge < -0.3 is 4.90 Å². The number of rotatable bonds is 2. The van der Waals surface area contributed by atoms with E-state index in [2.05, 4.69) is 11.2 Å². The van der Waals surface area contributed by atoms with E-state index >= 15 is 0 Å². The van der Waals surface area contributed by atoms with Gasteiger partial charge in [-0.05, 0) is 44.2 Å². The normalized spacial score (nSPS) is 17.2. The summed E-state index contributed by atoms with van der Waals surface area (Å²) >= 11 is 0. The van der Waals surface area contributed by atoms with Gasteiger partial charge in [0.15, 0.2) is 17.3 Å². The van der Waals surface area contributed by atoms with Crippen molar-refractivity contribution in [2.75, 3.05) is 13.1 Å². The van der Waals surface area contributed by atoms with Gasteiger partial charge in [-0.3, -0.25) is 4.79 Å². The largest absolute Gasteiger partial charge is 0.337 e. The van der Waals surface area contributed by atoms with Gasteiger partial charge >= 0.3 is 0 Å². The molecular weight excluding hydrogens is 338 g/mol. The van der Waals surface area contributed by atoms with Gasteiger partial charge in [0.2, 0.25) is 0 Å². The molecular formula is C19H18F2N4O. The number of amides is 1. The zero-order valence-electron chi connectivity index (χ0n) is 14.2. The molecule has 0 unspecified atom stereocenters. The van der Waals surface area contributed by atoms with Crippen LogP contribution in [-0.2, 0) is 12.8 Å². The van der Waals surface area contributed by atoms with Crippen molar-refractivity contribution in [3.8, 4) is 11.8 Å². The summed E-state index contributed by atoms with van der Waals surface area (Å²) in [5.41, 5.74) is 2.62. The Morgan fingerprint density at radius 2 is 1.96 bits per heavy atom. The second-order valence-electron chi connectivity index (χ2n) is 6.83. The summed E-state index contributed by atoms with van der Waals surface area (Å²) < 4.78 is 28.4. The van der Waals surface area contributed by atoms with Crippen molar-refractivity contribution in [3.63, 3.8) is 0 Å². The number of halogens is 2. The molecule has 7 heteroatoms. The van der Waals surface area contributed by atoms with Gasteiger partial charge in [0.05, 0.1) is 11.8 Å². The molecule has 2 aromatic rings. The molecule has 0 radical (unpaired) electrons. The Morgan fingerprint density at radius 3 is 2.65 bits per heavy atom. The van der Waals surface area contributed by atoms with Gasteiger partial charge in [0.25, 0.3) is 5.91 Å². The van der Waals surface area contributed by atoms with Crippen LogP contribution in [0.15, 0.2) is 18.2 Å². The molecule has 1 amide bonds. The Kier molecular flexibility index (Phi) is 4.19. The van der Waals surface area contributed by atoms with Crippen molar-refractivity contribution in [2.45, 2.75) is 32.1 Å². The topological polar surface area (TPSA) is 61.9 Å². The van der Waals surface area contributed by atoms with Crippen molar-refractivity contribution in [1.82, 2.24) is 14.7 Å². The van der Waals surface area contributed by atoms with Crippen LogP contribution < -0.4 is 0 Å². The van der Waals surface area contributed by atoms with E-state index in [9.17, 15) is 13.6 Å². The molecule has 0 spiro atoms. The third-order valence-corrected chi connectivity index (χ3v) is 5.25. The van der Waals surface area contributed by atoms with Crippen LogP contribution in [0.3, 0.4) is 0 Å². The number of fused-ring (bicyclic) bond motifs is 1. The van der Waals surface area contributed by atoms with Gasteiger partial charge in [-0.2, -0.15) is 10.4 Å². The van der Waals surface area contributed by atoms with Gasteiger partial charge in [-0.25, -0.2) is 13.5 Å². The quantitative estimate of drug-likeness (QED) is 0.831. The van der Waals surface area contributed by atoms with Crippen LogP contribution in [0, 0.1) is 28.9 Å². The summed E-state index contributed by atoms with van der Waals surface area (Å²) in [5, 5.41) is 13.5. The van der Waals surface area contributed by atoms with Gasteiger partial charge in [0, 0.05) is 36.3 Å². The highest BCUT2D eigenvalue weighted by Gasteiger charge is 2.31. The fraction of sp³-hybridized carbons (Fsp3) is 0.421. The SMILES string of the molecule is N#CC1CCN(C(=O)c2nn(-c3ccc(F)c(F)c3)c3c2CCC3)CC1. The van der Waals surface area contributed by atoms with E-state index in [-0.39, 0.29) is 11.8 Å². The first kappa shape index (κ1) is 16.7. The summed E-state index contributed by atoms with van der Waals surface area (Å²) in [7, 11) is 0. The van der Waals surface area contributed by atoms with Gasteiger partial charge in [-0.15, -0.1) is 0 Å². The van der Waals surface area contributed by atoms with E-state index in [1.165, 1.54) is 6.07 Å². The number of carbonyl (C=O) groups is 1. The number of aromatic nitrogens is 2. The van der Waals surface area contributed by atoms with Crippen LogP contribution in [0.4, 0.5) is 8.78 Å². The lowest BCUT2D eigenvalue weighted by molar-refractivity contribution is 0.0699. The Balaban J connectivity index is 1.67. The van der Waals surface area contributed by atoms with Crippen LogP contribution >= 0.6 is 0 Å². The number of likely N-dealkylation sites (tertiary alicyclic amines) is 1. The molecule has 0 saturated carbocycles. The lowest BCUT2D eigenvalue weighted by atomic mass is 9.98. The van der Waals surface area contributed by atoms with E-state index < -0.39 is 11.6 Å². The standard InChI is InChI=1S/C19H18F2N4O/c20-15-5-4-13(10-16(15)21)25-17-3-1-2-14(17)18(23-25)19(26)24-8-6-12(11-22)7-9-24/h4-5,10,12H,1-3,6-9H2. The molecule has 1 aromatic heterocycles. The minimum absolute atomic E-state index is 0.00418. The van der Waals surface area contributed by atoms with Crippen molar-refractivity contribution in [3.05, 3.63) is 46.8 Å². The zero-order chi connectivity index (χ0) is 18.3. The monoisotopic (exact) mass is 356 g/mol. The first-order valence-electron chi connectivity index (χ1n) is 8.83. The van der Waals surface area contributed by atoms with E-state index in [1.54, 1.807) is 9.58 Å². The lowest BCUT2D eigenvalue weighted by Crippen LogP contribution is -2.38. The molecule has 0 bridgehead atoms. The maximum Gasteiger partial charge on any atom is 0.274 e. The summed E-state index contributed by atoms with van der Waals surface area (Å²) in [5.74, 6) is -1.98. The van der Waals surface area contributed by atoms with E-state index in [1.807, 2.05) is 0 Å². The molecule has 1 aliphatic carbocycles. The molecule has 0 atom stereocenters. The minimum Gasteiger partial charge on any atom is -0.337 e. The molecule has 26 heavy (non-hydrogen) atoms. The molecule has 5 nitrogen and oxygen atoms in total. The highest BCUT2D eigenvalue weighted by Crippen LogP contribution is 2.30. The van der Waals surface area contributed by atoms with E-state index in [0.717, 1.165) is 42.7 Å². The maximum atomic E-state index is 13.6.